The van der Waals surface area contributed by atoms with Gasteiger partial charge in [-0.25, -0.2) is 13.6 Å². The van der Waals surface area contributed by atoms with Gasteiger partial charge in [-0.15, -0.1) is 0 Å². The standard InChI is InChI=1S/C7H4BrF2NO2/c8-6-4(9)1-3(2-5(6)10)11-7(12)13/h1-2,11H,(H,12,13). The van der Waals surface area contributed by atoms with Crippen molar-refractivity contribution in [1.82, 2.24) is 0 Å². The molecule has 1 amide bonds. The lowest BCUT2D eigenvalue weighted by molar-refractivity contribution is 0.209. The number of anilines is 1. The SMILES string of the molecule is O=C(O)Nc1cc(F)c(Br)c(F)c1. The molecule has 1 aromatic carbocycles. The summed E-state index contributed by atoms with van der Waals surface area (Å²) in [6, 6.07) is 1.75. The number of halogens is 3. The lowest BCUT2D eigenvalue weighted by Crippen LogP contribution is -2.07. The van der Waals surface area contributed by atoms with Crippen molar-refractivity contribution >= 4 is 27.7 Å². The fraction of sp³-hybridized carbons (Fsp3) is 0. The molecule has 0 bridgehead atoms. The van der Waals surface area contributed by atoms with E-state index in [9.17, 15) is 13.6 Å². The lowest BCUT2D eigenvalue weighted by Gasteiger charge is -2.02. The van der Waals surface area contributed by atoms with Gasteiger partial charge in [-0.1, -0.05) is 0 Å². The largest absolute Gasteiger partial charge is 0.465 e. The Morgan fingerprint density at radius 2 is 1.85 bits per heavy atom. The topological polar surface area (TPSA) is 49.3 Å². The smallest absolute Gasteiger partial charge is 0.409 e. The predicted octanol–water partition coefficient (Wildman–Crippen LogP) is 2.82. The van der Waals surface area contributed by atoms with E-state index in [4.69, 9.17) is 5.11 Å². The van der Waals surface area contributed by atoms with E-state index < -0.39 is 17.7 Å². The van der Waals surface area contributed by atoms with Crippen LogP contribution in [0, 0.1) is 11.6 Å². The monoisotopic (exact) mass is 251 g/mol. The number of hydrogen-bond acceptors (Lipinski definition) is 1. The van der Waals surface area contributed by atoms with Crippen molar-refractivity contribution in [3.05, 3.63) is 28.2 Å². The molecule has 0 saturated carbocycles. The first-order valence-corrected chi connectivity index (χ1v) is 3.94. The average molecular weight is 252 g/mol. The second kappa shape index (κ2) is 3.69. The highest BCUT2D eigenvalue weighted by Gasteiger charge is 2.09. The highest BCUT2D eigenvalue weighted by atomic mass is 79.9. The van der Waals surface area contributed by atoms with Crippen LogP contribution in [-0.4, -0.2) is 11.2 Å². The zero-order valence-electron chi connectivity index (χ0n) is 6.14. The Bertz CT molecular complexity index is 333. The molecule has 0 atom stereocenters. The van der Waals surface area contributed by atoms with Crippen LogP contribution in [0.4, 0.5) is 19.3 Å². The molecule has 0 aliphatic carbocycles. The molecule has 0 unspecified atom stereocenters. The molecule has 0 spiro atoms. The molecular weight excluding hydrogens is 248 g/mol. The van der Waals surface area contributed by atoms with E-state index in [1.165, 1.54) is 0 Å². The lowest BCUT2D eigenvalue weighted by atomic mass is 10.3. The summed E-state index contributed by atoms with van der Waals surface area (Å²) in [5.74, 6) is -1.72. The summed E-state index contributed by atoms with van der Waals surface area (Å²) in [4.78, 5) is 10.1. The minimum absolute atomic E-state index is 0.147. The molecule has 6 heteroatoms. The van der Waals surface area contributed by atoms with Crippen LogP contribution >= 0.6 is 15.9 Å². The van der Waals surface area contributed by atoms with Gasteiger partial charge in [-0.2, -0.15) is 0 Å². The van der Waals surface area contributed by atoms with E-state index in [0.717, 1.165) is 12.1 Å². The summed E-state index contributed by atoms with van der Waals surface area (Å²) in [6.45, 7) is 0. The van der Waals surface area contributed by atoms with Crippen molar-refractivity contribution in [3.8, 4) is 0 Å². The Balaban J connectivity index is 3.06. The molecule has 70 valence electrons. The molecule has 2 N–H and O–H groups in total. The van der Waals surface area contributed by atoms with Crippen LogP contribution in [-0.2, 0) is 0 Å². The maximum Gasteiger partial charge on any atom is 0.409 e. The van der Waals surface area contributed by atoms with Crippen molar-refractivity contribution in [1.29, 1.82) is 0 Å². The Labute approximate surface area is 80.5 Å². The van der Waals surface area contributed by atoms with E-state index >= 15 is 0 Å². The van der Waals surface area contributed by atoms with E-state index in [1.54, 1.807) is 0 Å². The first-order chi connectivity index (χ1) is 6.00. The van der Waals surface area contributed by atoms with Crippen molar-refractivity contribution < 1.29 is 18.7 Å². The number of nitrogens with one attached hydrogen (secondary N) is 1. The van der Waals surface area contributed by atoms with Crippen LogP contribution in [0.2, 0.25) is 0 Å². The van der Waals surface area contributed by atoms with Crippen LogP contribution in [0.3, 0.4) is 0 Å². The number of amides is 1. The van der Waals surface area contributed by atoms with Crippen LogP contribution in [0.5, 0.6) is 0 Å². The number of carbonyl (C=O) groups is 1. The third kappa shape index (κ3) is 2.38. The van der Waals surface area contributed by atoms with Crippen molar-refractivity contribution in [2.45, 2.75) is 0 Å². The minimum Gasteiger partial charge on any atom is -0.465 e. The van der Waals surface area contributed by atoms with Crippen LogP contribution in [0.15, 0.2) is 16.6 Å². The highest BCUT2D eigenvalue weighted by molar-refractivity contribution is 9.10. The van der Waals surface area contributed by atoms with E-state index in [2.05, 4.69) is 15.9 Å². The molecule has 0 fully saturated rings. The second-order valence-electron chi connectivity index (χ2n) is 2.18. The van der Waals surface area contributed by atoms with Gasteiger partial charge in [0.25, 0.3) is 0 Å². The molecule has 0 heterocycles. The minimum atomic E-state index is -1.37. The number of benzene rings is 1. The number of rotatable bonds is 1. The fourth-order valence-electron chi connectivity index (χ4n) is 0.751. The molecule has 0 aliphatic heterocycles. The van der Waals surface area contributed by atoms with Gasteiger partial charge in [0.1, 0.15) is 11.6 Å². The second-order valence-corrected chi connectivity index (χ2v) is 2.98. The number of hydrogen-bond donors (Lipinski definition) is 2. The van der Waals surface area contributed by atoms with Crippen LogP contribution in [0.1, 0.15) is 0 Å². The zero-order valence-corrected chi connectivity index (χ0v) is 7.73. The van der Waals surface area contributed by atoms with E-state index in [1.807, 2.05) is 5.32 Å². The molecule has 0 aliphatic rings. The summed E-state index contributed by atoms with van der Waals surface area (Å²) < 4.78 is 25.2. The third-order valence-corrected chi connectivity index (χ3v) is 1.99. The Morgan fingerprint density at radius 1 is 1.38 bits per heavy atom. The van der Waals surface area contributed by atoms with Gasteiger partial charge in [0.15, 0.2) is 0 Å². The summed E-state index contributed by atoms with van der Waals surface area (Å²) in [7, 11) is 0. The highest BCUT2D eigenvalue weighted by Crippen LogP contribution is 2.23. The van der Waals surface area contributed by atoms with Gasteiger partial charge in [0.05, 0.1) is 4.47 Å². The van der Waals surface area contributed by atoms with Gasteiger partial charge < -0.3 is 5.11 Å². The molecule has 1 rings (SSSR count). The van der Waals surface area contributed by atoms with Gasteiger partial charge >= 0.3 is 6.09 Å². The quantitative estimate of drug-likeness (QED) is 0.755. The maximum atomic E-state index is 12.8. The Morgan fingerprint density at radius 3 is 2.23 bits per heavy atom. The van der Waals surface area contributed by atoms with Crippen molar-refractivity contribution in [2.75, 3.05) is 5.32 Å². The molecular formula is C7H4BrF2NO2. The predicted molar refractivity (Wildman–Crippen MR) is 45.7 cm³/mol. The summed E-state index contributed by atoms with van der Waals surface area (Å²) in [6.07, 6.45) is -1.37. The average Bonchev–Trinajstić information content (AvgIpc) is 1.98. The normalized spacial score (nSPS) is 9.77. The Kier molecular flexibility index (Phi) is 2.82. The molecule has 13 heavy (non-hydrogen) atoms. The Hall–Kier alpha value is -1.17. The molecule has 0 aromatic heterocycles. The van der Waals surface area contributed by atoms with E-state index in [0.29, 0.717) is 0 Å². The first kappa shape index (κ1) is 9.91. The van der Waals surface area contributed by atoms with Crippen LogP contribution < -0.4 is 5.32 Å². The van der Waals surface area contributed by atoms with Crippen molar-refractivity contribution in [3.63, 3.8) is 0 Å². The summed E-state index contributed by atoms with van der Waals surface area (Å²) in [5, 5.41) is 10.1. The molecule has 1 aromatic rings. The molecule has 0 radical (unpaired) electrons. The fourth-order valence-corrected chi connectivity index (χ4v) is 0.980. The van der Waals surface area contributed by atoms with E-state index in [-0.39, 0.29) is 10.2 Å². The van der Waals surface area contributed by atoms with Gasteiger partial charge in [0.2, 0.25) is 0 Å². The molecule has 3 nitrogen and oxygen atoms in total. The van der Waals surface area contributed by atoms with Gasteiger partial charge in [-0.3, -0.25) is 5.32 Å². The zero-order chi connectivity index (χ0) is 10.0. The number of carboxylic acid groups (broad SMARTS) is 1. The summed E-state index contributed by atoms with van der Waals surface area (Å²) in [5.41, 5.74) is -0.147. The van der Waals surface area contributed by atoms with Gasteiger partial charge in [0, 0.05) is 5.69 Å². The first-order valence-electron chi connectivity index (χ1n) is 3.15. The molecule has 0 saturated heterocycles. The van der Waals surface area contributed by atoms with Crippen LogP contribution in [0.25, 0.3) is 0 Å². The third-order valence-electron chi connectivity index (χ3n) is 1.24. The summed E-state index contributed by atoms with van der Waals surface area (Å²) >= 11 is 2.65. The van der Waals surface area contributed by atoms with Crippen molar-refractivity contribution in [2.24, 2.45) is 0 Å². The van der Waals surface area contributed by atoms with Gasteiger partial charge in [-0.05, 0) is 28.1 Å². The maximum absolute atomic E-state index is 12.8.